The standard InChI is InChI=1S/C13H18N2O4S2/c1-9-14-10(8-21-9)7-20-5-2-12(16)15-3-4-19-11(6-15)13(17)18/h8,11H,2-7H2,1H3,(H,17,18). The Kier molecular flexibility index (Phi) is 6.01. The highest BCUT2D eigenvalue weighted by atomic mass is 32.2. The van der Waals surface area contributed by atoms with Crippen LogP contribution in [0.25, 0.3) is 0 Å². The molecule has 116 valence electrons. The van der Waals surface area contributed by atoms with Gasteiger partial charge in [-0.05, 0) is 6.92 Å². The number of thiazole rings is 1. The fourth-order valence-electron chi connectivity index (χ4n) is 1.99. The molecule has 1 aliphatic rings. The van der Waals surface area contributed by atoms with Crippen molar-refractivity contribution >= 4 is 35.0 Å². The molecule has 8 heteroatoms. The summed E-state index contributed by atoms with van der Waals surface area (Å²) in [5, 5.41) is 12.0. The van der Waals surface area contributed by atoms with E-state index < -0.39 is 12.1 Å². The summed E-state index contributed by atoms with van der Waals surface area (Å²) < 4.78 is 5.10. The Morgan fingerprint density at radius 2 is 2.43 bits per heavy atom. The highest BCUT2D eigenvalue weighted by Crippen LogP contribution is 2.16. The third-order valence-electron chi connectivity index (χ3n) is 3.07. The number of aromatic nitrogens is 1. The van der Waals surface area contributed by atoms with E-state index in [0.29, 0.717) is 18.7 Å². The lowest BCUT2D eigenvalue weighted by atomic mass is 10.2. The van der Waals surface area contributed by atoms with E-state index in [1.54, 1.807) is 28.0 Å². The number of hydrogen-bond donors (Lipinski definition) is 1. The van der Waals surface area contributed by atoms with Gasteiger partial charge in [-0.15, -0.1) is 11.3 Å². The molecule has 6 nitrogen and oxygen atoms in total. The van der Waals surface area contributed by atoms with E-state index in [2.05, 4.69) is 4.98 Å². The summed E-state index contributed by atoms with van der Waals surface area (Å²) in [6, 6.07) is 0. The molecule has 0 bridgehead atoms. The average Bonchev–Trinajstić information content (AvgIpc) is 2.89. The summed E-state index contributed by atoms with van der Waals surface area (Å²) in [5.41, 5.74) is 1.05. The molecule has 2 rings (SSSR count). The molecule has 0 spiro atoms. The van der Waals surface area contributed by atoms with Gasteiger partial charge >= 0.3 is 5.97 Å². The fraction of sp³-hybridized carbons (Fsp3) is 0.615. The van der Waals surface area contributed by atoms with Crippen molar-refractivity contribution in [3.8, 4) is 0 Å². The number of morpholine rings is 1. The predicted molar refractivity (Wildman–Crippen MR) is 81.6 cm³/mol. The van der Waals surface area contributed by atoms with Crippen LogP contribution >= 0.6 is 23.1 Å². The predicted octanol–water partition coefficient (Wildman–Crippen LogP) is 1.39. The largest absolute Gasteiger partial charge is 0.479 e. The Hall–Kier alpha value is -1.12. The minimum Gasteiger partial charge on any atom is -0.479 e. The second kappa shape index (κ2) is 7.77. The van der Waals surface area contributed by atoms with Crippen LogP contribution in [0.3, 0.4) is 0 Å². The van der Waals surface area contributed by atoms with E-state index in [4.69, 9.17) is 9.84 Å². The molecule has 0 aliphatic carbocycles. The topological polar surface area (TPSA) is 79.7 Å². The average molecular weight is 330 g/mol. The number of carbonyl (C=O) groups excluding carboxylic acids is 1. The van der Waals surface area contributed by atoms with Crippen LogP contribution in [-0.2, 0) is 20.1 Å². The number of nitrogens with zero attached hydrogens (tertiary/aromatic N) is 2. The van der Waals surface area contributed by atoms with Gasteiger partial charge < -0.3 is 14.7 Å². The summed E-state index contributed by atoms with van der Waals surface area (Å²) in [6.07, 6.45) is -0.478. The smallest absolute Gasteiger partial charge is 0.334 e. The van der Waals surface area contributed by atoms with Crippen LogP contribution in [0.4, 0.5) is 0 Å². The number of rotatable bonds is 6. The SMILES string of the molecule is Cc1nc(CSCCC(=O)N2CCOC(C(=O)O)C2)cs1. The van der Waals surface area contributed by atoms with Crippen LogP contribution in [0.5, 0.6) is 0 Å². The van der Waals surface area contributed by atoms with E-state index in [1.165, 1.54) is 0 Å². The molecule has 0 radical (unpaired) electrons. The number of carboxylic acids is 1. The maximum atomic E-state index is 12.0. The van der Waals surface area contributed by atoms with Crippen LogP contribution in [-0.4, -0.2) is 58.4 Å². The van der Waals surface area contributed by atoms with Gasteiger partial charge in [0.05, 0.1) is 23.9 Å². The zero-order chi connectivity index (χ0) is 15.2. The van der Waals surface area contributed by atoms with Crippen LogP contribution in [0, 0.1) is 6.92 Å². The van der Waals surface area contributed by atoms with E-state index in [0.717, 1.165) is 16.5 Å². The molecule has 1 amide bonds. The lowest BCUT2D eigenvalue weighted by molar-refractivity contribution is -0.159. The maximum absolute atomic E-state index is 12.0. The van der Waals surface area contributed by atoms with E-state index in [1.807, 2.05) is 12.3 Å². The van der Waals surface area contributed by atoms with E-state index in [-0.39, 0.29) is 19.1 Å². The lowest BCUT2D eigenvalue weighted by Gasteiger charge is -2.30. The summed E-state index contributed by atoms with van der Waals surface area (Å²) in [7, 11) is 0. The maximum Gasteiger partial charge on any atom is 0.334 e. The number of hydrogen-bond acceptors (Lipinski definition) is 6. The summed E-state index contributed by atoms with van der Waals surface area (Å²) >= 11 is 3.29. The Morgan fingerprint density at radius 3 is 3.10 bits per heavy atom. The molecular formula is C13H18N2O4S2. The third kappa shape index (κ3) is 4.98. The number of carboxylic acid groups (broad SMARTS) is 1. The molecule has 1 aliphatic heterocycles. The van der Waals surface area contributed by atoms with Crippen molar-refractivity contribution in [3.63, 3.8) is 0 Å². The van der Waals surface area contributed by atoms with Gasteiger partial charge in [0.2, 0.25) is 5.91 Å². The van der Waals surface area contributed by atoms with Crippen LogP contribution in [0.1, 0.15) is 17.1 Å². The van der Waals surface area contributed by atoms with Gasteiger partial charge in [0, 0.05) is 29.9 Å². The Balaban J connectivity index is 1.68. The van der Waals surface area contributed by atoms with Crippen LogP contribution in [0.2, 0.25) is 0 Å². The van der Waals surface area contributed by atoms with Crippen molar-refractivity contribution in [1.82, 2.24) is 9.88 Å². The Morgan fingerprint density at radius 1 is 1.62 bits per heavy atom. The second-order valence-corrected chi connectivity index (χ2v) is 6.87. The highest BCUT2D eigenvalue weighted by molar-refractivity contribution is 7.98. The molecule has 1 fully saturated rings. The molecule has 1 N–H and O–H groups in total. The van der Waals surface area contributed by atoms with Crippen molar-refractivity contribution in [1.29, 1.82) is 0 Å². The Labute approximate surface area is 131 Å². The molecule has 1 aromatic heterocycles. The lowest BCUT2D eigenvalue weighted by Crippen LogP contribution is -2.48. The number of ether oxygens (including phenoxy) is 1. The molecule has 2 heterocycles. The second-order valence-electron chi connectivity index (χ2n) is 4.70. The van der Waals surface area contributed by atoms with Gasteiger partial charge in [0.1, 0.15) is 0 Å². The monoisotopic (exact) mass is 330 g/mol. The molecule has 1 unspecified atom stereocenters. The molecule has 0 saturated carbocycles. The fourth-order valence-corrected chi connectivity index (χ4v) is 3.53. The zero-order valence-electron chi connectivity index (χ0n) is 11.8. The van der Waals surface area contributed by atoms with Gasteiger partial charge in [0.25, 0.3) is 0 Å². The highest BCUT2D eigenvalue weighted by Gasteiger charge is 2.28. The van der Waals surface area contributed by atoms with Gasteiger partial charge in [-0.2, -0.15) is 11.8 Å². The molecule has 1 atom stereocenters. The zero-order valence-corrected chi connectivity index (χ0v) is 13.4. The first-order valence-corrected chi connectivity index (χ1v) is 8.70. The Bertz CT molecular complexity index is 506. The van der Waals surface area contributed by atoms with Crippen molar-refractivity contribution in [2.45, 2.75) is 25.2 Å². The summed E-state index contributed by atoms with van der Waals surface area (Å²) in [4.78, 5) is 28.8. The van der Waals surface area contributed by atoms with Crippen molar-refractivity contribution in [2.24, 2.45) is 0 Å². The van der Waals surface area contributed by atoms with Gasteiger partial charge in [-0.3, -0.25) is 4.79 Å². The number of aliphatic carboxylic acids is 1. The summed E-state index contributed by atoms with van der Waals surface area (Å²) in [5.74, 6) is 0.496. The van der Waals surface area contributed by atoms with Crippen molar-refractivity contribution in [3.05, 3.63) is 16.1 Å². The molecule has 0 aromatic carbocycles. The van der Waals surface area contributed by atoms with Gasteiger partial charge in [-0.25, -0.2) is 9.78 Å². The molecule has 1 saturated heterocycles. The van der Waals surface area contributed by atoms with E-state index >= 15 is 0 Å². The number of aryl methyl sites for hydroxylation is 1. The first-order chi connectivity index (χ1) is 10.1. The van der Waals surface area contributed by atoms with Crippen LogP contribution in [0.15, 0.2) is 5.38 Å². The molecule has 1 aromatic rings. The first-order valence-electron chi connectivity index (χ1n) is 6.67. The first kappa shape index (κ1) is 16.3. The summed E-state index contributed by atoms with van der Waals surface area (Å²) in [6.45, 7) is 2.87. The minimum atomic E-state index is -1.01. The number of amides is 1. The van der Waals surface area contributed by atoms with E-state index in [9.17, 15) is 9.59 Å². The quantitative estimate of drug-likeness (QED) is 0.794. The van der Waals surface area contributed by atoms with Crippen molar-refractivity contribution in [2.75, 3.05) is 25.4 Å². The van der Waals surface area contributed by atoms with Gasteiger partial charge in [0.15, 0.2) is 6.10 Å². The van der Waals surface area contributed by atoms with Crippen molar-refractivity contribution < 1.29 is 19.4 Å². The molecule has 21 heavy (non-hydrogen) atoms. The van der Waals surface area contributed by atoms with Gasteiger partial charge in [-0.1, -0.05) is 0 Å². The van der Waals surface area contributed by atoms with Crippen LogP contribution < -0.4 is 0 Å². The number of thioether (sulfide) groups is 1. The number of carbonyl (C=O) groups is 2. The molecular weight excluding hydrogens is 312 g/mol. The normalized spacial score (nSPS) is 18.7. The minimum absolute atomic E-state index is 0.00786. The third-order valence-corrected chi connectivity index (χ3v) is 4.89.